The molecule has 0 bridgehead atoms. The number of hydrogen-bond donors (Lipinski definition) is 1. The van der Waals surface area contributed by atoms with Crippen molar-refractivity contribution in [1.82, 2.24) is 5.32 Å². The minimum atomic E-state index is -1.05. The van der Waals surface area contributed by atoms with E-state index in [0.29, 0.717) is 13.1 Å². The summed E-state index contributed by atoms with van der Waals surface area (Å²) < 4.78 is 0. The molecule has 0 saturated heterocycles. The Morgan fingerprint density at radius 2 is 1.39 bits per heavy atom. The smallest absolute Gasteiger partial charge is 0.239 e. The highest BCUT2D eigenvalue weighted by atomic mass is 16.2. The van der Waals surface area contributed by atoms with Gasteiger partial charge < -0.3 is 10.2 Å². The van der Waals surface area contributed by atoms with Crippen LogP contribution in [-0.4, -0.2) is 24.9 Å². The molecular weight excluding hydrogens is 348 g/mol. The summed E-state index contributed by atoms with van der Waals surface area (Å²) in [7, 11) is 0. The lowest BCUT2D eigenvalue weighted by molar-refractivity contribution is -0.124. The first-order chi connectivity index (χ1) is 13.7. The van der Waals surface area contributed by atoms with E-state index < -0.39 is 5.41 Å². The van der Waals surface area contributed by atoms with E-state index in [0.717, 1.165) is 22.4 Å². The number of hydrogen-bond acceptors (Lipinski definition) is 2. The molecule has 0 fully saturated rings. The Labute approximate surface area is 164 Å². The zero-order valence-electron chi connectivity index (χ0n) is 15.8. The first-order valence-corrected chi connectivity index (χ1v) is 9.42. The number of fused-ring (bicyclic) bond motifs is 1. The van der Waals surface area contributed by atoms with Crippen LogP contribution in [0.2, 0.25) is 0 Å². The van der Waals surface area contributed by atoms with Crippen LogP contribution in [-0.2, 0) is 15.0 Å². The maximum atomic E-state index is 13.7. The number of carbonyl (C=O) groups is 2. The van der Waals surface area contributed by atoms with Gasteiger partial charge in [-0.05, 0) is 17.2 Å². The molecule has 4 nitrogen and oxygen atoms in total. The molecule has 0 aromatic heterocycles. The zero-order chi connectivity index (χ0) is 19.6. The van der Waals surface area contributed by atoms with Crippen LogP contribution in [0.1, 0.15) is 23.6 Å². The van der Waals surface area contributed by atoms with Gasteiger partial charge in [-0.3, -0.25) is 9.59 Å². The first kappa shape index (κ1) is 18.0. The molecule has 0 spiro atoms. The highest BCUT2D eigenvalue weighted by molar-refractivity contribution is 6.01. The fourth-order valence-corrected chi connectivity index (χ4v) is 4.13. The molecule has 3 aromatic rings. The van der Waals surface area contributed by atoms with Gasteiger partial charge in [-0.1, -0.05) is 78.9 Å². The topological polar surface area (TPSA) is 49.4 Å². The van der Waals surface area contributed by atoms with E-state index in [4.69, 9.17) is 0 Å². The Kier molecular flexibility index (Phi) is 4.70. The number of nitrogens with one attached hydrogen (secondary N) is 1. The average molecular weight is 370 g/mol. The molecule has 0 atom stereocenters. The van der Waals surface area contributed by atoms with Gasteiger partial charge >= 0.3 is 0 Å². The predicted octanol–water partition coefficient (Wildman–Crippen LogP) is 3.50. The van der Waals surface area contributed by atoms with Crippen molar-refractivity contribution >= 4 is 17.5 Å². The van der Waals surface area contributed by atoms with Crippen molar-refractivity contribution < 1.29 is 9.59 Å². The van der Waals surface area contributed by atoms with Gasteiger partial charge in [0.15, 0.2) is 0 Å². The van der Waals surface area contributed by atoms with Gasteiger partial charge in [-0.2, -0.15) is 0 Å². The maximum absolute atomic E-state index is 13.7. The summed E-state index contributed by atoms with van der Waals surface area (Å²) in [6.07, 6.45) is 0. The second-order valence-corrected chi connectivity index (χ2v) is 6.93. The fraction of sp³-hybridized carbons (Fsp3) is 0.167. The van der Waals surface area contributed by atoms with Gasteiger partial charge in [-0.25, -0.2) is 0 Å². The fourth-order valence-electron chi connectivity index (χ4n) is 4.13. The predicted molar refractivity (Wildman–Crippen MR) is 110 cm³/mol. The van der Waals surface area contributed by atoms with Crippen LogP contribution in [0.5, 0.6) is 0 Å². The molecule has 140 valence electrons. The minimum absolute atomic E-state index is 0.0429. The van der Waals surface area contributed by atoms with E-state index in [1.165, 1.54) is 0 Å². The first-order valence-electron chi connectivity index (χ1n) is 9.42. The standard InChI is InChI=1S/C24H22N2O2/c1-18(27)26-17-16-25-23(28)24(19-10-4-2-5-11-19,20-12-6-3-7-13-20)21-14-8-9-15-22(21)26/h2-15H,16-17H2,1H3,(H,25,28). The third kappa shape index (κ3) is 2.78. The number of rotatable bonds is 2. The second kappa shape index (κ2) is 7.31. The normalized spacial score (nSPS) is 15.8. The molecule has 0 saturated carbocycles. The monoisotopic (exact) mass is 370 g/mol. The number of nitrogens with zero attached hydrogens (tertiary/aromatic N) is 1. The van der Waals surface area contributed by atoms with Gasteiger partial charge in [0.1, 0.15) is 5.41 Å². The van der Waals surface area contributed by atoms with E-state index in [2.05, 4.69) is 5.32 Å². The van der Waals surface area contributed by atoms with Crippen LogP contribution in [0.4, 0.5) is 5.69 Å². The highest BCUT2D eigenvalue weighted by Gasteiger charge is 2.46. The highest BCUT2D eigenvalue weighted by Crippen LogP contribution is 2.44. The van der Waals surface area contributed by atoms with Gasteiger partial charge in [0.05, 0.1) is 0 Å². The molecule has 4 heteroatoms. The largest absolute Gasteiger partial charge is 0.353 e. The molecule has 0 radical (unpaired) electrons. The van der Waals surface area contributed by atoms with Gasteiger partial charge in [0, 0.05) is 31.3 Å². The summed E-state index contributed by atoms with van der Waals surface area (Å²) >= 11 is 0. The van der Waals surface area contributed by atoms with Crippen molar-refractivity contribution in [3.63, 3.8) is 0 Å². The van der Waals surface area contributed by atoms with Crippen LogP contribution in [0.25, 0.3) is 0 Å². The number of para-hydroxylation sites is 1. The Morgan fingerprint density at radius 1 is 0.857 bits per heavy atom. The molecule has 1 heterocycles. The van der Waals surface area contributed by atoms with Crippen LogP contribution in [0.3, 0.4) is 0 Å². The zero-order valence-corrected chi connectivity index (χ0v) is 15.8. The summed E-state index contributed by atoms with van der Waals surface area (Å²) in [4.78, 5) is 27.9. The Hall–Kier alpha value is -3.40. The van der Waals surface area contributed by atoms with Crippen molar-refractivity contribution in [2.45, 2.75) is 12.3 Å². The van der Waals surface area contributed by atoms with Crippen LogP contribution < -0.4 is 10.2 Å². The third-order valence-electron chi connectivity index (χ3n) is 5.35. The number of benzene rings is 3. The van der Waals surface area contributed by atoms with Crippen molar-refractivity contribution in [3.8, 4) is 0 Å². The Balaban J connectivity index is 2.12. The van der Waals surface area contributed by atoms with Crippen molar-refractivity contribution in [1.29, 1.82) is 0 Å². The molecule has 4 rings (SSSR count). The lowest BCUT2D eigenvalue weighted by Gasteiger charge is -2.39. The quantitative estimate of drug-likeness (QED) is 0.751. The molecule has 1 N–H and O–H groups in total. The SMILES string of the molecule is CC(=O)N1CCNC(=O)C(c2ccccc2)(c2ccccc2)c2ccccc21. The minimum Gasteiger partial charge on any atom is -0.353 e. The van der Waals surface area contributed by atoms with Crippen molar-refractivity contribution in [2.75, 3.05) is 18.0 Å². The summed E-state index contributed by atoms with van der Waals surface area (Å²) in [6.45, 7) is 2.40. The average Bonchev–Trinajstić information content (AvgIpc) is 2.72. The lowest BCUT2D eigenvalue weighted by Crippen LogP contribution is -2.51. The van der Waals surface area contributed by atoms with Crippen LogP contribution >= 0.6 is 0 Å². The molecule has 1 aliphatic rings. The molecule has 0 unspecified atom stereocenters. The number of anilines is 1. The summed E-state index contributed by atoms with van der Waals surface area (Å²) in [6, 6.07) is 27.3. The molecule has 3 aromatic carbocycles. The number of amides is 2. The number of carbonyl (C=O) groups excluding carboxylic acids is 2. The summed E-state index contributed by atoms with van der Waals surface area (Å²) in [5.41, 5.74) is 2.28. The maximum Gasteiger partial charge on any atom is 0.239 e. The van der Waals surface area contributed by atoms with E-state index in [1.54, 1.807) is 11.8 Å². The van der Waals surface area contributed by atoms with Gasteiger partial charge in [0.2, 0.25) is 11.8 Å². The lowest BCUT2D eigenvalue weighted by atomic mass is 9.67. The molecular formula is C24H22N2O2. The molecule has 1 aliphatic heterocycles. The van der Waals surface area contributed by atoms with Crippen molar-refractivity contribution in [2.24, 2.45) is 0 Å². The molecule has 0 aliphatic carbocycles. The van der Waals surface area contributed by atoms with Crippen LogP contribution in [0.15, 0.2) is 84.9 Å². The van der Waals surface area contributed by atoms with Gasteiger partial charge in [-0.15, -0.1) is 0 Å². The summed E-state index contributed by atoms with van der Waals surface area (Å²) in [5.74, 6) is -0.126. The van der Waals surface area contributed by atoms with E-state index in [-0.39, 0.29) is 11.8 Å². The van der Waals surface area contributed by atoms with E-state index in [9.17, 15) is 9.59 Å². The van der Waals surface area contributed by atoms with Gasteiger partial charge in [0.25, 0.3) is 0 Å². The summed E-state index contributed by atoms with van der Waals surface area (Å²) in [5, 5.41) is 3.07. The van der Waals surface area contributed by atoms with E-state index in [1.807, 2.05) is 84.9 Å². The molecule has 28 heavy (non-hydrogen) atoms. The Bertz CT molecular complexity index is 960. The third-order valence-corrected chi connectivity index (χ3v) is 5.35. The Morgan fingerprint density at radius 3 is 1.96 bits per heavy atom. The van der Waals surface area contributed by atoms with E-state index >= 15 is 0 Å². The van der Waals surface area contributed by atoms with Crippen LogP contribution in [0, 0.1) is 0 Å². The van der Waals surface area contributed by atoms with Crippen molar-refractivity contribution in [3.05, 3.63) is 102 Å². The molecule has 2 amide bonds. The second-order valence-electron chi connectivity index (χ2n) is 6.93.